The number of fused-ring (bicyclic) bond motifs is 4. The van der Waals surface area contributed by atoms with E-state index in [1.807, 2.05) is 0 Å². The van der Waals surface area contributed by atoms with E-state index in [-0.39, 0.29) is 29.7 Å². The largest absolute Gasteiger partial charge is 0.466 e. The number of hydrogen-bond acceptors (Lipinski definition) is 4. The zero-order chi connectivity index (χ0) is 16.2. The third-order valence-electron chi connectivity index (χ3n) is 5.41. The number of nitrogens with one attached hydrogen (secondary N) is 1. The van der Waals surface area contributed by atoms with Gasteiger partial charge in [-0.05, 0) is 50.9 Å². The van der Waals surface area contributed by atoms with Crippen LogP contribution in [-0.4, -0.2) is 36.0 Å². The van der Waals surface area contributed by atoms with E-state index in [4.69, 9.17) is 4.74 Å². The van der Waals surface area contributed by atoms with Crippen LogP contribution in [0.5, 0.6) is 0 Å². The zero-order valence-electron chi connectivity index (χ0n) is 13.0. The Bertz CT molecular complexity index is 692. The Morgan fingerprint density at radius 3 is 3.13 bits per heavy atom. The third kappa shape index (κ3) is 1.87. The molecule has 1 N–H and O–H groups in total. The molecule has 122 valence electrons. The van der Waals surface area contributed by atoms with Gasteiger partial charge < -0.3 is 10.1 Å². The molecule has 6 heteroatoms. The monoisotopic (exact) mass is 318 g/mol. The maximum absolute atomic E-state index is 13.8. The van der Waals surface area contributed by atoms with Crippen LogP contribution in [0.2, 0.25) is 0 Å². The van der Waals surface area contributed by atoms with Crippen LogP contribution in [0.25, 0.3) is 0 Å². The first kappa shape index (κ1) is 14.6. The Morgan fingerprint density at radius 2 is 2.35 bits per heavy atom. The first-order valence-electron chi connectivity index (χ1n) is 8.13. The highest BCUT2D eigenvalue weighted by atomic mass is 19.1. The van der Waals surface area contributed by atoms with E-state index in [1.54, 1.807) is 13.0 Å². The summed E-state index contributed by atoms with van der Waals surface area (Å²) >= 11 is 0. The van der Waals surface area contributed by atoms with Gasteiger partial charge in [-0.2, -0.15) is 0 Å². The Morgan fingerprint density at radius 1 is 1.52 bits per heavy atom. The van der Waals surface area contributed by atoms with Gasteiger partial charge in [0.05, 0.1) is 12.5 Å². The molecule has 1 spiro atoms. The smallest absolute Gasteiger partial charge is 0.310 e. The summed E-state index contributed by atoms with van der Waals surface area (Å²) in [6.07, 6.45) is 2.15. The topological polar surface area (TPSA) is 58.6 Å². The van der Waals surface area contributed by atoms with Gasteiger partial charge in [0.15, 0.2) is 0 Å². The molecule has 23 heavy (non-hydrogen) atoms. The van der Waals surface area contributed by atoms with Gasteiger partial charge in [0, 0.05) is 17.3 Å². The van der Waals surface area contributed by atoms with E-state index < -0.39 is 5.54 Å². The first-order chi connectivity index (χ1) is 11.1. The number of amides is 1. The fraction of sp³-hybridized carbons (Fsp3) is 0.529. The van der Waals surface area contributed by atoms with Crippen molar-refractivity contribution >= 4 is 17.6 Å². The molecule has 0 aliphatic carbocycles. The summed E-state index contributed by atoms with van der Waals surface area (Å²) in [5, 5.41) is 2.86. The molecule has 0 radical (unpaired) electrons. The van der Waals surface area contributed by atoms with Crippen LogP contribution in [-0.2, 0) is 19.9 Å². The summed E-state index contributed by atoms with van der Waals surface area (Å²) in [6, 6.07) is 4.36. The van der Waals surface area contributed by atoms with E-state index in [9.17, 15) is 14.0 Å². The summed E-state index contributed by atoms with van der Waals surface area (Å²) in [6.45, 7) is 2.85. The van der Waals surface area contributed by atoms with Gasteiger partial charge in [0.1, 0.15) is 11.4 Å². The van der Waals surface area contributed by atoms with Crippen molar-refractivity contribution in [1.82, 2.24) is 4.90 Å². The van der Waals surface area contributed by atoms with Crippen molar-refractivity contribution in [3.8, 4) is 0 Å². The average molecular weight is 318 g/mol. The summed E-state index contributed by atoms with van der Waals surface area (Å²) in [4.78, 5) is 27.3. The summed E-state index contributed by atoms with van der Waals surface area (Å²) in [5.41, 5.74) is 0.364. The van der Waals surface area contributed by atoms with Crippen LogP contribution >= 0.6 is 0 Å². The molecule has 2 saturated heterocycles. The van der Waals surface area contributed by atoms with E-state index in [1.165, 1.54) is 12.1 Å². The number of benzene rings is 1. The van der Waals surface area contributed by atoms with E-state index in [0.29, 0.717) is 24.3 Å². The summed E-state index contributed by atoms with van der Waals surface area (Å²) in [7, 11) is 0. The lowest BCUT2D eigenvalue weighted by molar-refractivity contribution is -0.148. The number of halogens is 1. The highest BCUT2D eigenvalue weighted by Crippen LogP contribution is 2.54. The number of rotatable bonds is 2. The van der Waals surface area contributed by atoms with E-state index in [2.05, 4.69) is 10.2 Å². The molecule has 3 aliphatic heterocycles. The Labute approximate surface area is 133 Å². The fourth-order valence-electron chi connectivity index (χ4n) is 4.55. The second-order valence-electron chi connectivity index (χ2n) is 6.47. The van der Waals surface area contributed by atoms with Gasteiger partial charge in [-0.25, -0.2) is 4.39 Å². The van der Waals surface area contributed by atoms with Gasteiger partial charge in [0.25, 0.3) is 0 Å². The summed E-state index contributed by atoms with van der Waals surface area (Å²) < 4.78 is 19.0. The molecule has 5 nitrogen and oxygen atoms in total. The maximum Gasteiger partial charge on any atom is 0.310 e. The summed E-state index contributed by atoms with van der Waals surface area (Å²) in [5.74, 6) is -1.11. The molecule has 3 heterocycles. The number of ether oxygens (including phenoxy) is 1. The highest BCUT2D eigenvalue weighted by Gasteiger charge is 2.63. The SMILES string of the molecule is CCOC(=O)[C@H]1C[C@@]2(C(=O)Nc3ccc(F)cc32)N2CCC[C@H]12. The number of carbonyl (C=O) groups is 2. The first-order valence-corrected chi connectivity index (χ1v) is 8.13. The van der Waals surface area contributed by atoms with E-state index in [0.717, 1.165) is 19.4 Å². The lowest BCUT2D eigenvalue weighted by atomic mass is 9.84. The number of esters is 1. The van der Waals surface area contributed by atoms with Crippen LogP contribution in [0.3, 0.4) is 0 Å². The van der Waals surface area contributed by atoms with Gasteiger partial charge in [-0.15, -0.1) is 0 Å². The van der Waals surface area contributed by atoms with Crippen molar-refractivity contribution in [2.24, 2.45) is 5.92 Å². The minimum Gasteiger partial charge on any atom is -0.466 e. The predicted molar refractivity (Wildman–Crippen MR) is 81.2 cm³/mol. The second-order valence-corrected chi connectivity index (χ2v) is 6.47. The number of nitrogens with zero attached hydrogens (tertiary/aromatic N) is 1. The van der Waals surface area contributed by atoms with Gasteiger partial charge in [0.2, 0.25) is 5.91 Å². The molecule has 0 bridgehead atoms. The molecule has 1 amide bonds. The predicted octanol–water partition coefficient (Wildman–Crippen LogP) is 2.02. The van der Waals surface area contributed by atoms with Crippen LogP contribution in [0, 0.1) is 11.7 Å². The van der Waals surface area contributed by atoms with Crippen molar-refractivity contribution in [2.75, 3.05) is 18.5 Å². The van der Waals surface area contributed by atoms with Crippen molar-refractivity contribution < 1.29 is 18.7 Å². The molecular weight excluding hydrogens is 299 g/mol. The van der Waals surface area contributed by atoms with Crippen LogP contribution < -0.4 is 5.32 Å². The molecule has 0 aromatic heterocycles. The average Bonchev–Trinajstić information content (AvgIpc) is 3.16. The van der Waals surface area contributed by atoms with Crippen molar-refractivity contribution in [1.29, 1.82) is 0 Å². The minimum absolute atomic E-state index is 0.00554. The Hall–Kier alpha value is -1.95. The number of anilines is 1. The third-order valence-corrected chi connectivity index (χ3v) is 5.41. The molecule has 3 atom stereocenters. The van der Waals surface area contributed by atoms with Crippen molar-refractivity contribution in [2.45, 2.75) is 37.8 Å². The fourth-order valence-corrected chi connectivity index (χ4v) is 4.55. The standard InChI is InChI=1S/C17H19FN2O3/c1-2-23-15(21)11-9-17(20-7-3-4-14(11)20)12-8-10(18)5-6-13(12)19-16(17)22/h5-6,8,11,14H,2-4,7,9H2,1H3,(H,19,22)/t11-,14+,17+/m0/s1. The van der Waals surface area contributed by atoms with Crippen LogP contribution in [0.15, 0.2) is 18.2 Å². The maximum atomic E-state index is 13.8. The zero-order valence-corrected chi connectivity index (χ0v) is 13.0. The number of hydrogen-bond donors (Lipinski definition) is 1. The lowest BCUT2D eigenvalue weighted by Crippen LogP contribution is -2.47. The molecule has 2 fully saturated rings. The van der Waals surface area contributed by atoms with Crippen LogP contribution in [0.1, 0.15) is 31.7 Å². The van der Waals surface area contributed by atoms with Crippen molar-refractivity contribution in [3.63, 3.8) is 0 Å². The molecule has 4 rings (SSSR count). The van der Waals surface area contributed by atoms with Crippen LogP contribution in [0.4, 0.5) is 10.1 Å². The molecule has 1 aromatic carbocycles. The molecule has 0 unspecified atom stereocenters. The Kier molecular flexibility index (Phi) is 3.20. The van der Waals surface area contributed by atoms with Gasteiger partial charge in [-0.1, -0.05) is 0 Å². The molecule has 0 saturated carbocycles. The minimum atomic E-state index is -0.934. The molecular formula is C17H19FN2O3. The highest BCUT2D eigenvalue weighted by molar-refractivity contribution is 6.06. The normalized spacial score (nSPS) is 32.0. The van der Waals surface area contributed by atoms with Gasteiger partial charge >= 0.3 is 5.97 Å². The van der Waals surface area contributed by atoms with Crippen molar-refractivity contribution in [3.05, 3.63) is 29.6 Å². The second kappa shape index (κ2) is 5.03. The Balaban J connectivity index is 1.81. The molecule has 3 aliphatic rings. The number of carbonyl (C=O) groups excluding carboxylic acids is 2. The lowest BCUT2D eigenvalue weighted by Gasteiger charge is -2.32. The molecule has 1 aromatic rings. The van der Waals surface area contributed by atoms with Gasteiger partial charge in [-0.3, -0.25) is 14.5 Å². The van der Waals surface area contributed by atoms with E-state index >= 15 is 0 Å². The quantitative estimate of drug-likeness (QED) is 0.848.